The molecule has 22 heavy (non-hydrogen) atoms. The third-order valence-electron chi connectivity index (χ3n) is 3.36. The SMILES string of the molecule is COCCNC(=O)Cn1cc(CC(C)N)c2ccccc21.Cl. The number of para-hydroxylation sites is 1. The Morgan fingerprint density at radius 3 is 2.82 bits per heavy atom. The normalized spacial score (nSPS) is 12.0. The van der Waals surface area contributed by atoms with Crippen LogP contribution in [0.2, 0.25) is 0 Å². The molecule has 0 fully saturated rings. The molecule has 0 bridgehead atoms. The molecule has 1 aromatic carbocycles. The summed E-state index contributed by atoms with van der Waals surface area (Å²) in [6.07, 6.45) is 2.84. The molecule has 5 nitrogen and oxygen atoms in total. The number of nitrogens with one attached hydrogen (secondary N) is 1. The molecule has 0 saturated heterocycles. The van der Waals surface area contributed by atoms with E-state index in [2.05, 4.69) is 11.4 Å². The quantitative estimate of drug-likeness (QED) is 0.761. The van der Waals surface area contributed by atoms with Gasteiger partial charge in [-0.05, 0) is 25.0 Å². The van der Waals surface area contributed by atoms with Crippen molar-refractivity contribution >= 4 is 29.2 Å². The number of methoxy groups -OCH3 is 1. The Hall–Kier alpha value is -1.56. The number of benzene rings is 1. The van der Waals surface area contributed by atoms with E-state index in [0.717, 1.165) is 11.9 Å². The summed E-state index contributed by atoms with van der Waals surface area (Å²) in [5, 5.41) is 4.00. The lowest BCUT2D eigenvalue weighted by molar-refractivity contribution is -0.121. The van der Waals surface area contributed by atoms with Crippen LogP contribution in [-0.4, -0.2) is 36.8 Å². The zero-order chi connectivity index (χ0) is 15.2. The smallest absolute Gasteiger partial charge is 0.240 e. The van der Waals surface area contributed by atoms with E-state index >= 15 is 0 Å². The molecule has 1 heterocycles. The number of hydrogen-bond acceptors (Lipinski definition) is 3. The highest BCUT2D eigenvalue weighted by Gasteiger charge is 2.11. The molecule has 2 aromatic rings. The van der Waals surface area contributed by atoms with Crippen molar-refractivity contribution < 1.29 is 9.53 Å². The molecule has 1 amide bonds. The Labute approximate surface area is 137 Å². The fourth-order valence-corrected chi connectivity index (χ4v) is 2.47. The minimum atomic E-state index is -0.0137. The summed E-state index contributed by atoms with van der Waals surface area (Å²) in [5.74, 6) is -0.0137. The second kappa shape index (κ2) is 8.78. The van der Waals surface area contributed by atoms with Crippen molar-refractivity contribution in [1.29, 1.82) is 0 Å². The van der Waals surface area contributed by atoms with Gasteiger partial charge in [0.25, 0.3) is 0 Å². The van der Waals surface area contributed by atoms with Gasteiger partial charge in [-0.2, -0.15) is 0 Å². The average Bonchev–Trinajstić information content (AvgIpc) is 2.77. The highest BCUT2D eigenvalue weighted by atomic mass is 35.5. The Kier molecular flexibility index (Phi) is 7.38. The second-order valence-electron chi connectivity index (χ2n) is 5.32. The summed E-state index contributed by atoms with van der Waals surface area (Å²) < 4.78 is 6.91. The van der Waals surface area contributed by atoms with Crippen LogP contribution < -0.4 is 11.1 Å². The fourth-order valence-electron chi connectivity index (χ4n) is 2.47. The van der Waals surface area contributed by atoms with Crippen molar-refractivity contribution in [1.82, 2.24) is 9.88 Å². The second-order valence-corrected chi connectivity index (χ2v) is 5.32. The first-order valence-corrected chi connectivity index (χ1v) is 7.19. The number of nitrogens with two attached hydrogens (primary N) is 1. The average molecular weight is 326 g/mol. The number of halogens is 1. The molecule has 3 N–H and O–H groups in total. The predicted molar refractivity (Wildman–Crippen MR) is 91.4 cm³/mol. The molecule has 1 atom stereocenters. The van der Waals surface area contributed by atoms with Crippen molar-refractivity contribution in [2.24, 2.45) is 5.73 Å². The maximum absolute atomic E-state index is 12.0. The van der Waals surface area contributed by atoms with E-state index in [0.29, 0.717) is 19.7 Å². The summed E-state index contributed by atoms with van der Waals surface area (Å²) in [7, 11) is 1.62. The van der Waals surface area contributed by atoms with E-state index in [-0.39, 0.29) is 24.4 Å². The number of carbonyl (C=O) groups is 1. The largest absolute Gasteiger partial charge is 0.383 e. The highest BCUT2D eigenvalue weighted by molar-refractivity contribution is 5.86. The first-order chi connectivity index (χ1) is 10.1. The number of hydrogen-bond donors (Lipinski definition) is 2. The minimum Gasteiger partial charge on any atom is -0.383 e. The Morgan fingerprint density at radius 1 is 1.41 bits per heavy atom. The van der Waals surface area contributed by atoms with Crippen LogP contribution in [0.15, 0.2) is 30.5 Å². The maximum atomic E-state index is 12.0. The van der Waals surface area contributed by atoms with Crippen LogP contribution in [0.4, 0.5) is 0 Å². The van der Waals surface area contributed by atoms with Gasteiger partial charge < -0.3 is 20.4 Å². The minimum absolute atomic E-state index is 0. The Morgan fingerprint density at radius 2 is 2.14 bits per heavy atom. The molecule has 0 saturated carbocycles. The number of nitrogens with zero attached hydrogens (tertiary/aromatic N) is 1. The number of rotatable bonds is 7. The van der Waals surface area contributed by atoms with Crippen molar-refractivity contribution in [3.05, 3.63) is 36.0 Å². The Bertz CT molecular complexity index is 610. The van der Waals surface area contributed by atoms with Gasteiger partial charge in [-0.15, -0.1) is 12.4 Å². The summed E-state index contributed by atoms with van der Waals surface area (Å²) in [6.45, 7) is 3.35. The van der Waals surface area contributed by atoms with Crippen molar-refractivity contribution in [2.45, 2.75) is 25.9 Å². The first-order valence-electron chi connectivity index (χ1n) is 7.19. The molecule has 122 valence electrons. The molecule has 1 aromatic heterocycles. The summed E-state index contributed by atoms with van der Waals surface area (Å²) >= 11 is 0. The van der Waals surface area contributed by atoms with Gasteiger partial charge in [-0.3, -0.25) is 4.79 Å². The molecule has 2 rings (SSSR count). The zero-order valence-electron chi connectivity index (χ0n) is 13.0. The lowest BCUT2D eigenvalue weighted by Gasteiger charge is -2.06. The number of aromatic nitrogens is 1. The molecule has 1 unspecified atom stereocenters. The topological polar surface area (TPSA) is 69.3 Å². The zero-order valence-corrected chi connectivity index (χ0v) is 13.9. The van der Waals surface area contributed by atoms with Crippen LogP contribution in [0.3, 0.4) is 0 Å². The number of carbonyl (C=O) groups excluding carboxylic acids is 1. The number of ether oxygens (including phenoxy) is 1. The molecule has 0 radical (unpaired) electrons. The van der Waals surface area contributed by atoms with E-state index in [9.17, 15) is 4.79 Å². The number of fused-ring (bicyclic) bond motifs is 1. The molecule has 0 aliphatic heterocycles. The van der Waals surface area contributed by atoms with Gasteiger partial charge in [-0.25, -0.2) is 0 Å². The van der Waals surface area contributed by atoms with Gasteiger partial charge >= 0.3 is 0 Å². The van der Waals surface area contributed by atoms with Crippen LogP contribution in [0, 0.1) is 0 Å². The lowest BCUT2D eigenvalue weighted by atomic mass is 10.1. The van der Waals surface area contributed by atoms with E-state index in [1.54, 1.807) is 7.11 Å². The molecule has 0 aliphatic rings. The van der Waals surface area contributed by atoms with Gasteiger partial charge in [-0.1, -0.05) is 18.2 Å². The van der Waals surface area contributed by atoms with E-state index in [1.807, 2.05) is 35.9 Å². The standard InChI is InChI=1S/C16H23N3O2.ClH/c1-12(17)9-13-10-19(11-16(20)18-7-8-21-2)15-6-4-3-5-14(13)15;/h3-6,10,12H,7-9,11,17H2,1-2H3,(H,18,20);1H. The monoisotopic (exact) mass is 325 g/mol. The summed E-state index contributed by atoms with van der Waals surface area (Å²) in [5.41, 5.74) is 8.15. The van der Waals surface area contributed by atoms with Gasteiger partial charge in [0.1, 0.15) is 6.54 Å². The fraction of sp³-hybridized carbons (Fsp3) is 0.438. The van der Waals surface area contributed by atoms with Gasteiger partial charge in [0.15, 0.2) is 0 Å². The molecule has 0 spiro atoms. The van der Waals surface area contributed by atoms with E-state index in [1.165, 1.54) is 10.9 Å². The van der Waals surface area contributed by atoms with Crippen LogP contribution in [-0.2, 0) is 22.5 Å². The first kappa shape index (κ1) is 18.5. The third-order valence-corrected chi connectivity index (χ3v) is 3.36. The molecular formula is C16H24ClN3O2. The van der Waals surface area contributed by atoms with Gasteiger partial charge in [0, 0.05) is 36.8 Å². The number of amides is 1. The van der Waals surface area contributed by atoms with Crippen LogP contribution in [0.5, 0.6) is 0 Å². The van der Waals surface area contributed by atoms with Gasteiger partial charge in [0.05, 0.1) is 6.61 Å². The van der Waals surface area contributed by atoms with Crippen molar-refractivity contribution in [3.8, 4) is 0 Å². The van der Waals surface area contributed by atoms with Crippen molar-refractivity contribution in [2.75, 3.05) is 20.3 Å². The molecule has 6 heteroatoms. The summed E-state index contributed by atoms with van der Waals surface area (Å²) in [6, 6.07) is 8.20. The predicted octanol–water partition coefficient (Wildman–Crippen LogP) is 1.72. The summed E-state index contributed by atoms with van der Waals surface area (Å²) in [4.78, 5) is 12.0. The highest BCUT2D eigenvalue weighted by Crippen LogP contribution is 2.22. The lowest BCUT2D eigenvalue weighted by Crippen LogP contribution is -2.30. The van der Waals surface area contributed by atoms with E-state index in [4.69, 9.17) is 10.5 Å². The molecule has 0 aliphatic carbocycles. The van der Waals surface area contributed by atoms with Crippen LogP contribution >= 0.6 is 12.4 Å². The van der Waals surface area contributed by atoms with Crippen LogP contribution in [0.25, 0.3) is 10.9 Å². The third kappa shape index (κ3) is 4.73. The van der Waals surface area contributed by atoms with Crippen LogP contribution in [0.1, 0.15) is 12.5 Å². The van der Waals surface area contributed by atoms with Gasteiger partial charge in [0.2, 0.25) is 5.91 Å². The maximum Gasteiger partial charge on any atom is 0.240 e. The van der Waals surface area contributed by atoms with E-state index < -0.39 is 0 Å². The van der Waals surface area contributed by atoms with Crippen molar-refractivity contribution in [3.63, 3.8) is 0 Å². The Balaban J connectivity index is 0.00000242. The molecular weight excluding hydrogens is 302 g/mol.